The zero-order chi connectivity index (χ0) is 13.4. The van der Waals surface area contributed by atoms with Crippen molar-refractivity contribution < 1.29 is 15.0 Å². The number of carbonyl (C=O) groups is 1. The average Bonchev–Trinajstić information content (AvgIpc) is 2.81. The minimum absolute atomic E-state index is 0.186. The zero-order valence-corrected chi connectivity index (χ0v) is 10.3. The van der Waals surface area contributed by atoms with E-state index in [2.05, 4.69) is 4.98 Å². The van der Waals surface area contributed by atoms with E-state index in [-0.39, 0.29) is 5.56 Å². The summed E-state index contributed by atoms with van der Waals surface area (Å²) in [5, 5.41) is 19.3. The number of aromatic nitrogens is 2. The number of nitrogens with zero attached hydrogens (tertiary/aromatic N) is 2. The number of aromatic carboxylic acids is 1. The van der Waals surface area contributed by atoms with Crippen LogP contribution in [0.5, 0.6) is 0 Å². The van der Waals surface area contributed by atoms with Gasteiger partial charge in [0, 0.05) is 24.5 Å². The summed E-state index contributed by atoms with van der Waals surface area (Å²) in [5.74, 6) is -1.00. The quantitative estimate of drug-likeness (QED) is 0.864. The molecule has 0 aliphatic carbocycles. The number of rotatable bonds is 2. The molecule has 1 atom stereocenters. The minimum atomic E-state index is -1.00. The number of hydrogen-bond acceptors (Lipinski definition) is 3. The van der Waals surface area contributed by atoms with Gasteiger partial charge in [0.2, 0.25) is 0 Å². The highest BCUT2D eigenvalue weighted by molar-refractivity contribution is 5.91. The Morgan fingerprint density at radius 1 is 1.47 bits per heavy atom. The van der Waals surface area contributed by atoms with Gasteiger partial charge in [-0.25, -0.2) is 4.79 Å². The van der Waals surface area contributed by atoms with Gasteiger partial charge in [-0.15, -0.1) is 0 Å². The Morgan fingerprint density at radius 3 is 3.00 bits per heavy atom. The molecule has 2 aromatic rings. The van der Waals surface area contributed by atoms with Crippen LogP contribution in [0.25, 0.3) is 11.3 Å². The fourth-order valence-corrected chi connectivity index (χ4v) is 2.67. The molecule has 98 valence electrons. The number of fused-ring (bicyclic) bond motifs is 1. The summed E-state index contributed by atoms with van der Waals surface area (Å²) >= 11 is 0. The lowest BCUT2D eigenvalue weighted by molar-refractivity contribution is 0.0683. The smallest absolute Gasteiger partial charge is 0.337 e. The van der Waals surface area contributed by atoms with Gasteiger partial charge in [0.25, 0.3) is 0 Å². The number of aliphatic hydroxyl groups excluding tert-OH is 1. The van der Waals surface area contributed by atoms with Crippen molar-refractivity contribution in [1.82, 2.24) is 9.55 Å². The molecule has 1 aliphatic rings. The summed E-state index contributed by atoms with van der Waals surface area (Å²) in [4.78, 5) is 15.4. The van der Waals surface area contributed by atoms with E-state index in [0.717, 1.165) is 24.2 Å². The van der Waals surface area contributed by atoms with Crippen molar-refractivity contribution >= 4 is 5.97 Å². The van der Waals surface area contributed by atoms with E-state index in [0.29, 0.717) is 12.1 Å². The first kappa shape index (κ1) is 11.9. The standard InChI is InChI=1S/C14H14N2O3/c17-12-4-2-6-16-11(9-3-1-5-15-8-9)7-10(13(12)16)14(18)19/h1,3,5,7-8,12,17H,2,4,6H2,(H,18,19). The molecular weight excluding hydrogens is 244 g/mol. The number of carboxylic acid groups (broad SMARTS) is 1. The molecule has 0 aromatic carbocycles. The molecule has 1 unspecified atom stereocenters. The van der Waals surface area contributed by atoms with E-state index in [9.17, 15) is 15.0 Å². The Morgan fingerprint density at radius 2 is 2.32 bits per heavy atom. The average molecular weight is 258 g/mol. The highest BCUT2D eigenvalue weighted by Gasteiger charge is 2.28. The summed E-state index contributed by atoms with van der Waals surface area (Å²) in [5.41, 5.74) is 2.37. The molecule has 0 saturated carbocycles. The van der Waals surface area contributed by atoms with Crippen LogP contribution in [0, 0.1) is 0 Å². The van der Waals surface area contributed by atoms with Crippen LogP contribution >= 0.6 is 0 Å². The topological polar surface area (TPSA) is 75.3 Å². The van der Waals surface area contributed by atoms with Crippen LogP contribution in [0.2, 0.25) is 0 Å². The zero-order valence-electron chi connectivity index (χ0n) is 10.3. The van der Waals surface area contributed by atoms with Gasteiger partial charge in [-0.05, 0) is 31.0 Å². The van der Waals surface area contributed by atoms with Gasteiger partial charge in [-0.1, -0.05) is 0 Å². The van der Waals surface area contributed by atoms with Crippen LogP contribution in [0.1, 0.15) is 35.0 Å². The first-order valence-corrected chi connectivity index (χ1v) is 6.23. The first-order valence-electron chi connectivity index (χ1n) is 6.23. The lowest BCUT2D eigenvalue weighted by atomic mass is 10.0. The predicted molar refractivity (Wildman–Crippen MR) is 68.8 cm³/mol. The third-order valence-electron chi connectivity index (χ3n) is 3.50. The summed E-state index contributed by atoms with van der Waals surface area (Å²) < 4.78 is 1.90. The molecule has 3 heterocycles. The Kier molecular flexibility index (Phi) is 2.83. The molecule has 0 fully saturated rings. The van der Waals surface area contributed by atoms with Crippen molar-refractivity contribution in [3.8, 4) is 11.3 Å². The fraction of sp³-hybridized carbons (Fsp3) is 0.286. The SMILES string of the molecule is O=C(O)c1cc(-c2cccnc2)n2c1C(O)CCC2. The van der Waals surface area contributed by atoms with Crippen LogP contribution < -0.4 is 0 Å². The summed E-state index contributed by atoms with van der Waals surface area (Å²) in [6, 6.07) is 5.33. The van der Waals surface area contributed by atoms with Gasteiger partial charge in [0.15, 0.2) is 0 Å². The molecule has 5 heteroatoms. The molecule has 0 spiro atoms. The lowest BCUT2D eigenvalue weighted by Gasteiger charge is -2.23. The second-order valence-electron chi connectivity index (χ2n) is 4.69. The molecule has 1 aliphatic heterocycles. The monoisotopic (exact) mass is 258 g/mol. The van der Waals surface area contributed by atoms with E-state index in [4.69, 9.17) is 0 Å². The molecule has 0 radical (unpaired) electrons. The van der Waals surface area contributed by atoms with Gasteiger partial charge in [-0.2, -0.15) is 0 Å². The molecule has 2 N–H and O–H groups in total. The lowest BCUT2D eigenvalue weighted by Crippen LogP contribution is -2.18. The summed E-state index contributed by atoms with van der Waals surface area (Å²) in [6.45, 7) is 0.726. The van der Waals surface area contributed by atoms with Gasteiger partial charge in [-0.3, -0.25) is 4.98 Å². The molecule has 3 rings (SSSR count). The Labute approximate surface area is 110 Å². The van der Waals surface area contributed by atoms with Crippen molar-refractivity contribution in [3.05, 3.63) is 41.9 Å². The normalized spacial score (nSPS) is 18.1. The Bertz CT molecular complexity index is 619. The van der Waals surface area contributed by atoms with Crippen LogP contribution in [-0.2, 0) is 6.54 Å². The molecular formula is C14H14N2O3. The van der Waals surface area contributed by atoms with E-state index < -0.39 is 12.1 Å². The predicted octanol–water partition coefficient (Wildman–Crippen LogP) is 2.08. The molecule has 0 bridgehead atoms. The van der Waals surface area contributed by atoms with Crippen LogP contribution in [0.15, 0.2) is 30.6 Å². The summed E-state index contributed by atoms with van der Waals surface area (Å²) in [7, 11) is 0. The second-order valence-corrected chi connectivity index (χ2v) is 4.69. The van der Waals surface area contributed by atoms with Gasteiger partial charge < -0.3 is 14.8 Å². The second kappa shape index (κ2) is 4.51. The number of pyridine rings is 1. The summed E-state index contributed by atoms with van der Waals surface area (Å²) in [6.07, 6.45) is 4.13. The number of hydrogen-bond donors (Lipinski definition) is 2. The van der Waals surface area contributed by atoms with E-state index in [1.807, 2.05) is 16.7 Å². The largest absolute Gasteiger partial charge is 0.478 e. The minimum Gasteiger partial charge on any atom is -0.478 e. The molecule has 19 heavy (non-hydrogen) atoms. The molecule has 2 aromatic heterocycles. The van der Waals surface area contributed by atoms with Gasteiger partial charge in [0.05, 0.1) is 23.1 Å². The van der Waals surface area contributed by atoms with Crippen molar-refractivity contribution in [2.24, 2.45) is 0 Å². The van der Waals surface area contributed by atoms with Crippen LogP contribution in [0.3, 0.4) is 0 Å². The molecule has 0 amide bonds. The molecule has 0 saturated heterocycles. The number of aliphatic hydroxyl groups is 1. The molecule has 5 nitrogen and oxygen atoms in total. The van der Waals surface area contributed by atoms with E-state index in [1.165, 1.54) is 0 Å². The van der Waals surface area contributed by atoms with Gasteiger partial charge in [0.1, 0.15) is 0 Å². The van der Waals surface area contributed by atoms with Crippen LogP contribution in [-0.4, -0.2) is 25.7 Å². The fourth-order valence-electron chi connectivity index (χ4n) is 2.67. The maximum absolute atomic E-state index is 11.3. The maximum Gasteiger partial charge on any atom is 0.337 e. The van der Waals surface area contributed by atoms with Crippen molar-refractivity contribution in [2.45, 2.75) is 25.5 Å². The third kappa shape index (κ3) is 1.92. The highest BCUT2D eigenvalue weighted by atomic mass is 16.4. The van der Waals surface area contributed by atoms with Crippen molar-refractivity contribution in [2.75, 3.05) is 0 Å². The van der Waals surface area contributed by atoms with E-state index >= 15 is 0 Å². The third-order valence-corrected chi connectivity index (χ3v) is 3.50. The van der Waals surface area contributed by atoms with Crippen molar-refractivity contribution in [1.29, 1.82) is 0 Å². The van der Waals surface area contributed by atoms with Gasteiger partial charge >= 0.3 is 5.97 Å². The van der Waals surface area contributed by atoms with Crippen molar-refractivity contribution in [3.63, 3.8) is 0 Å². The Hall–Kier alpha value is -2.14. The van der Waals surface area contributed by atoms with Crippen LogP contribution in [0.4, 0.5) is 0 Å². The first-order chi connectivity index (χ1) is 9.18. The maximum atomic E-state index is 11.3. The van der Waals surface area contributed by atoms with E-state index in [1.54, 1.807) is 18.5 Å². The Balaban J connectivity index is 2.22. The highest BCUT2D eigenvalue weighted by Crippen LogP contribution is 2.35. The number of carboxylic acids is 1.